The van der Waals surface area contributed by atoms with E-state index in [2.05, 4.69) is 11.9 Å². The monoisotopic (exact) mass is 189 g/mol. The van der Waals surface area contributed by atoms with Gasteiger partial charge in [0.05, 0.1) is 12.7 Å². The molecule has 0 aromatic carbocycles. The molecule has 0 bridgehead atoms. The van der Waals surface area contributed by atoms with Gasteiger partial charge in [-0.05, 0) is 40.3 Å². The molecule has 0 aromatic rings. The number of hydrogen-bond acceptors (Lipinski definition) is 3. The van der Waals surface area contributed by atoms with E-state index in [0.29, 0.717) is 12.7 Å². The minimum Gasteiger partial charge on any atom is -0.396 e. The first-order valence-electron chi connectivity index (χ1n) is 5.07. The van der Waals surface area contributed by atoms with Gasteiger partial charge in [0.15, 0.2) is 0 Å². The summed E-state index contributed by atoms with van der Waals surface area (Å²) in [5.41, 5.74) is 0. The summed E-state index contributed by atoms with van der Waals surface area (Å²) in [6, 6.07) is 0. The van der Waals surface area contributed by atoms with Crippen LogP contribution in [0.4, 0.5) is 0 Å². The third kappa shape index (κ3) is 9.80. The fourth-order valence-electron chi connectivity index (χ4n) is 1.05. The number of nitrogens with zero attached hydrogens (tertiary/aromatic N) is 1. The Hall–Kier alpha value is -0.120. The molecule has 0 rings (SSSR count). The number of unbranched alkanes of at least 4 members (excludes halogenated alkanes) is 1. The molecule has 1 N–H and O–H groups in total. The Labute approximate surface area is 81.7 Å². The van der Waals surface area contributed by atoms with Gasteiger partial charge in [-0.15, -0.1) is 0 Å². The van der Waals surface area contributed by atoms with Crippen molar-refractivity contribution in [2.24, 2.45) is 0 Å². The zero-order valence-corrected chi connectivity index (χ0v) is 9.12. The Morgan fingerprint density at radius 3 is 2.46 bits per heavy atom. The van der Waals surface area contributed by atoms with E-state index in [0.717, 1.165) is 32.5 Å². The van der Waals surface area contributed by atoms with Gasteiger partial charge in [-0.1, -0.05) is 0 Å². The van der Waals surface area contributed by atoms with Crippen molar-refractivity contribution in [1.29, 1.82) is 0 Å². The van der Waals surface area contributed by atoms with Crippen LogP contribution in [0.5, 0.6) is 0 Å². The summed E-state index contributed by atoms with van der Waals surface area (Å²) < 4.78 is 5.43. The molecule has 3 heteroatoms. The maximum Gasteiger partial charge on any atom is 0.0596 e. The molecule has 3 nitrogen and oxygen atoms in total. The van der Waals surface area contributed by atoms with Crippen LogP contribution in [0.15, 0.2) is 0 Å². The minimum atomic E-state index is 0.302. The Kier molecular flexibility index (Phi) is 8.40. The molecular weight excluding hydrogens is 166 g/mol. The van der Waals surface area contributed by atoms with Crippen LogP contribution in [0.2, 0.25) is 0 Å². The summed E-state index contributed by atoms with van der Waals surface area (Å²) in [5.74, 6) is 0. The van der Waals surface area contributed by atoms with Gasteiger partial charge in [0.25, 0.3) is 0 Å². The lowest BCUT2D eigenvalue weighted by molar-refractivity contribution is 0.0634. The molecule has 0 aromatic heterocycles. The molecule has 13 heavy (non-hydrogen) atoms. The van der Waals surface area contributed by atoms with Crippen LogP contribution in [-0.4, -0.2) is 49.5 Å². The summed E-state index contributed by atoms with van der Waals surface area (Å²) >= 11 is 0. The third-order valence-electron chi connectivity index (χ3n) is 1.87. The van der Waals surface area contributed by atoms with Gasteiger partial charge in [-0.25, -0.2) is 0 Å². The highest BCUT2D eigenvalue weighted by Crippen LogP contribution is 1.93. The zero-order valence-electron chi connectivity index (χ0n) is 9.12. The van der Waals surface area contributed by atoms with Crippen molar-refractivity contribution >= 4 is 0 Å². The minimum absolute atomic E-state index is 0.302. The summed E-state index contributed by atoms with van der Waals surface area (Å²) in [5, 5.41) is 8.58. The number of ether oxygens (including phenoxy) is 1. The fourth-order valence-corrected chi connectivity index (χ4v) is 1.05. The Bertz CT molecular complexity index is 107. The van der Waals surface area contributed by atoms with E-state index in [1.807, 2.05) is 13.8 Å². The van der Waals surface area contributed by atoms with E-state index in [-0.39, 0.29) is 0 Å². The van der Waals surface area contributed by atoms with E-state index in [9.17, 15) is 0 Å². The number of likely N-dealkylation sites (N-methyl/N-ethyl adjacent to an activating group) is 1. The first-order valence-corrected chi connectivity index (χ1v) is 5.07. The maximum atomic E-state index is 8.58. The van der Waals surface area contributed by atoms with Crippen molar-refractivity contribution in [3.05, 3.63) is 0 Å². The normalized spacial score (nSPS) is 11.5. The van der Waals surface area contributed by atoms with Crippen molar-refractivity contribution in [3.8, 4) is 0 Å². The van der Waals surface area contributed by atoms with Crippen LogP contribution < -0.4 is 0 Å². The van der Waals surface area contributed by atoms with Gasteiger partial charge in [0, 0.05) is 13.2 Å². The molecule has 0 unspecified atom stereocenters. The quantitative estimate of drug-likeness (QED) is 0.581. The first kappa shape index (κ1) is 12.9. The number of aliphatic hydroxyl groups is 1. The molecule has 0 fully saturated rings. The molecule has 0 aliphatic carbocycles. The number of aliphatic hydroxyl groups excluding tert-OH is 1. The van der Waals surface area contributed by atoms with E-state index in [4.69, 9.17) is 9.84 Å². The van der Waals surface area contributed by atoms with Gasteiger partial charge >= 0.3 is 0 Å². The van der Waals surface area contributed by atoms with E-state index < -0.39 is 0 Å². The second-order valence-corrected chi connectivity index (χ2v) is 3.65. The van der Waals surface area contributed by atoms with Crippen LogP contribution in [0.3, 0.4) is 0 Å². The van der Waals surface area contributed by atoms with Crippen molar-refractivity contribution < 1.29 is 9.84 Å². The van der Waals surface area contributed by atoms with Crippen molar-refractivity contribution in [1.82, 2.24) is 4.90 Å². The van der Waals surface area contributed by atoms with E-state index in [1.54, 1.807) is 0 Å². The molecule has 80 valence electrons. The van der Waals surface area contributed by atoms with Crippen molar-refractivity contribution in [3.63, 3.8) is 0 Å². The number of rotatable bonds is 8. The van der Waals surface area contributed by atoms with Crippen molar-refractivity contribution in [2.75, 3.05) is 33.4 Å². The van der Waals surface area contributed by atoms with Crippen LogP contribution in [-0.2, 0) is 4.74 Å². The molecule has 0 aliphatic heterocycles. The predicted molar refractivity (Wildman–Crippen MR) is 54.9 cm³/mol. The van der Waals surface area contributed by atoms with Crippen LogP contribution in [0.1, 0.15) is 26.7 Å². The summed E-state index contributed by atoms with van der Waals surface area (Å²) in [6.45, 7) is 7.22. The molecule has 0 spiro atoms. The molecule has 0 saturated heterocycles. The average molecular weight is 189 g/mol. The standard InChI is InChI=1S/C10H23NO2/c1-10(2)13-9-7-11(3)6-4-5-8-12/h10,12H,4-9H2,1-3H3. The lowest BCUT2D eigenvalue weighted by Gasteiger charge is -2.17. The Morgan fingerprint density at radius 2 is 1.92 bits per heavy atom. The fraction of sp³-hybridized carbons (Fsp3) is 1.00. The molecule has 0 amide bonds. The number of hydrogen-bond donors (Lipinski definition) is 1. The molecule has 0 radical (unpaired) electrons. The molecule has 0 atom stereocenters. The Morgan fingerprint density at radius 1 is 1.23 bits per heavy atom. The molecule has 0 aliphatic rings. The second kappa shape index (κ2) is 8.48. The maximum absolute atomic E-state index is 8.58. The van der Waals surface area contributed by atoms with Gasteiger partial charge < -0.3 is 14.7 Å². The molecule has 0 heterocycles. The van der Waals surface area contributed by atoms with Gasteiger partial charge in [-0.3, -0.25) is 0 Å². The molecule has 0 saturated carbocycles. The molecular formula is C10H23NO2. The second-order valence-electron chi connectivity index (χ2n) is 3.65. The van der Waals surface area contributed by atoms with Crippen molar-refractivity contribution in [2.45, 2.75) is 32.8 Å². The van der Waals surface area contributed by atoms with Crippen LogP contribution in [0, 0.1) is 0 Å². The van der Waals surface area contributed by atoms with Gasteiger partial charge in [0.1, 0.15) is 0 Å². The zero-order chi connectivity index (χ0) is 10.1. The van der Waals surface area contributed by atoms with Crippen LogP contribution >= 0.6 is 0 Å². The van der Waals surface area contributed by atoms with E-state index in [1.165, 1.54) is 0 Å². The summed E-state index contributed by atoms with van der Waals surface area (Å²) in [4.78, 5) is 2.23. The lowest BCUT2D eigenvalue weighted by atomic mass is 10.3. The topological polar surface area (TPSA) is 32.7 Å². The summed E-state index contributed by atoms with van der Waals surface area (Å²) in [6.07, 6.45) is 2.29. The predicted octanol–water partition coefficient (Wildman–Crippen LogP) is 1.12. The largest absolute Gasteiger partial charge is 0.396 e. The first-order chi connectivity index (χ1) is 6.16. The Balaban J connectivity index is 3.15. The van der Waals surface area contributed by atoms with Crippen LogP contribution in [0.25, 0.3) is 0 Å². The summed E-state index contributed by atoms with van der Waals surface area (Å²) in [7, 11) is 2.08. The van der Waals surface area contributed by atoms with Gasteiger partial charge in [0.2, 0.25) is 0 Å². The van der Waals surface area contributed by atoms with Gasteiger partial charge in [-0.2, -0.15) is 0 Å². The SMILES string of the molecule is CC(C)OCCN(C)CCCCO. The highest BCUT2D eigenvalue weighted by atomic mass is 16.5. The lowest BCUT2D eigenvalue weighted by Crippen LogP contribution is -2.25. The third-order valence-corrected chi connectivity index (χ3v) is 1.87. The van der Waals surface area contributed by atoms with E-state index >= 15 is 0 Å². The highest BCUT2D eigenvalue weighted by Gasteiger charge is 1.98. The smallest absolute Gasteiger partial charge is 0.0596 e. The highest BCUT2D eigenvalue weighted by molar-refractivity contribution is 4.51. The average Bonchev–Trinajstić information content (AvgIpc) is 2.04.